The molecule has 1 aromatic rings. The lowest BCUT2D eigenvalue weighted by Crippen LogP contribution is -2.43. The molecule has 18 heavy (non-hydrogen) atoms. The van der Waals surface area contributed by atoms with Crippen LogP contribution in [0.5, 0.6) is 5.75 Å². The van der Waals surface area contributed by atoms with Crippen LogP contribution in [0.1, 0.15) is 32.2 Å². The van der Waals surface area contributed by atoms with Gasteiger partial charge in [-0.15, -0.1) is 0 Å². The molecule has 3 N–H and O–H groups in total. The Balaban J connectivity index is 2.61. The summed E-state index contributed by atoms with van der Waals surface area (Å²) < 4.78 is 5.44. The summed E-state index contributed by atoms with van der Waals surface area (Å²) in [7, 11) is 0. The fraction of sp³-hybridized carbons (Fsp3) is 0.538. The van der Waals surface area contributed by atoms with Crippen molar-refractivity contribution in [1.82, 2.24) is 10.3 Å². The van der Waals surface area contributed by atoms with Crippen LogP contribution in [-0.4, -0.2) is 23.0 Å². The number of hydrogen-bond donors (Lipinski definition) is 2. The van der Waals surface area contributed by atoms with Crippen LogP contribution >= 0.6 is 0 Å². The van der Waals surface area contributed by atoms with E-state index in [9.17, 15) is 4.79 Å². The smallest absolute Gasteiger partial charge is 0.258 e. The maximum atomic E-state index is 11.6. The summed E-state index contributed by atoms with van der Waals surface area (Å²) in [4.78, 5) is 15.9. The van der Waals surface area contributed by atoms with Crippen molar-refractivity contribution < 1.29 is 9.53 Å². The van der Waals surface area contributed by atoms with Crippen LogP contribution in [0.2, 0.25) is 0 Å². The lowest BCUT2D eigenvalue weighted by Gasteiger charge is -2.20. The minimum absolute atomic E-state index is 0.0327. The largest absolute Gasteiger partial charge is 0.482 e. The first-order valence-electron chi connectivity index (χ1n) is 5.92. The number of aromatic nitrogens is 1. The Hall–Kier alpha value is -1.62. The van der Waals surface area contributed by atoms with Crippen molar-refractivity contribution >= 4 is 5.91 Å². The number of nitrogens with zero attached hydrogens (tertiary/aromatic N) is 1. The van der Waals surface area contributed by atoms with Gasteiger partial charge in [-0.1, -0.05) is 0 Å². The first-order chi connectivity index (χ1) is 8.31. The van der Waals surface area contributed by atoms with Crippen LogP contribution in [0.3, 0.4) is 0 Å². The molecule has 0 aromatic carbocycles. The molecule has 1 amide bonds. The summed E-state index contributed by atoms with van der Waals surface area (Å²) in [6, 6.07) is 3.62. The average Bonchev–Trinajstić information content (AvgIpc) is 2.24. The number of nitrogens with one attached hydrogen (secondary N) is 1. The molecular formula is C13H21N3O2. The van der Waals surface area contributed by atoms with Crippen LogP contribution in [-0.2, 0) is 11.3 Å². The van der Waals surface area contributed by atoms with Gasteiger partial charge >= 0.3 is 0 Å². The minimum atomic E-state index is -0.261. The highest BCUT2D eigenvalue weighted by molar-refractivity contribution is 5.78. The van der Waals surface area contributed by atoms with E-state index in [1.807, 2.05) is 33.8 Å². The van der Waals surface area contributed by atoms with Gasteiger partial charge < -0.3 is 15.8 Å². The number of carbonyl (C=O) groups excluding carboxylic acids is 1. The molecule has 0 radical (unpaired) electrons. The van der Waals surface area contributed by atoms with Gasteiger partial charge in [0.15, 0.2) is 6.61 Å². The number of carbonyl (C=O) groups is 1. The Morgan fingerprint density at radius 3 is 2.67 bits per heavy atom. The van der Waals surface area contributed by atoms with Crippen molar-refractivity contribution in [3.05, 3.63) is 23.5 Å². The molecule has 0 saturated carbocycles. The molecule has 0 bridgehead atoms. The highest BCUT2D eigenvalue weighted by atomic mass is 16.5. The lowest BCUT2D eigenvalue weighted by molar-refractivity contribution is -0.124. The lowest BCUT2D eigenvalue weighted by atomic mass is 10.1. The highest BCUT2D eigenvalue weighted by Crippen LogP contribution is 2.16. The van der Waals surface area contributed by atoms with E-state index < -0.39 is 0 Å². The van der Waals surface area contributed by atoms with E-state index in [4.69, 9.17) is 10.5 Å². The molecule has 0 fully saturated rings. The van der Waals surface area contributed by atoms with Gasteiger partial charge in [-0.2, -0.15) is 0 Å². The van der Waals surface area contributed by atoms with Crippen LogP contribution in [0.15, 0.2) is 12.1 Å². The summed E-state index contributed by atoms with van der Waals surface area (Å²) in [6.07, 6.45) is 0. The quantitative estimate of drug-likeness (QED) is 0.841. The molecule has 1 heterocycles. The zero-order valence-corrected chi connectivity index (χ0v) is 11.4. The number of nitrogens with two attached hydrogens (primary N) is 1. The van der Waals surface area contributed by atoms with Gasteiger partial charge in [-0.05, 0) is 39.8 Å². The summed E-state index contributed by atoms with van der Waals surface area (Å²) in [6.45, 7) is 7.90. The molecule has 0 aliphatic rings. The van der Waals surface area contributed by atoms with Gasteiger partial charge in [0.1, 0.15) is 5.75 Å². The number of ether oxygens (including phenoxy) is 1. The van der Waals surface area contributed by atoms with Crippen molar-refractivity contribution in [3.63, 3.8) is 0 Å². The Morgan fingerprint density at radius 1 is 1.44 bits per heavy atom. The third-order valence-corrected chi connectivity index (χ3v) is 2.14. The van der Waals surface area contributed by atoms with E-state index in [-0.39, 0.29) is 24.6 Å². The molecule has 0 unspecified atom stereocenters. The van der Waals surface area contributed by atoms with Gasteiger partial charge in [0.05, 0.1) is 5.69 Å². The van der Waals surface area contributed by atoms with Gasteiger partial charge in [0, 0.05) is 17.8 Å². The zero-order valence-electron chi connectivity index (χ0n) is 11.4. The maximum Gasteiger partial charge on any atom is 0.258 e. The first kappa shape index (κ1) is 14.4. The van der Waals surface area contributed by atoms with Gasteiger partial charge in [-0.25, -0.2) is 0 Å². The third-order valence-electron chi connectivity index (χ3n) is 2.14. The molecule has 5 nitrogen and oxygen atoms in total. The number of amides is 1. The minimum Gasteiger partial charge on any atom is -0.482 e. The fourth-order valence-electron chi connectivity index (χ4n) is 1.47. The molecular weight excluding hydrogens is 230 g/mol. The number of hydrogen-bond acceptors (Lipinski definition) is 4. The van der Waals surface area contributed by atoms with Crippen LogP contribution in [0.4, 0.5) is 0 Å². The van der Waals surface area contributed by atoms with Gasteiger partial charge in [-0.3, -0.25) is 9.78 Å². The van der Waals surface area contributed by atoms with Crippen LogP contribution in [0.25, 0.3) is 0 Å². The highest BCUT2D eigenvalue weighted by Gasteiger charge is 2.14. The molecule has 5 heteroatoms. The Bertz CT molecular complexity index is 425. The van der Waals surface area contributed by atoms with Crippen molar-refractivity contribution in [2.45, 2.75) is 39.8 Å². The van der Waals surface area contributed by atoms with Crippen LogP contribution < -0.4 is 15.8 Å². The Morgan fingerprint density at radius 2 is 2.11 bits per heavy atom. The molecule has 100 valence electrons. The molecule has 0 aliphatic heterocycles. The van der Waals surface area contributed by atoms with E-state index in [1.165, 1.54) is 0 Å². The molecule has 1 rings (SSSR count). The molecule has 0 spiro atoms. The van der Waals surface area contributed by atoms with E-state index >= 15 is 0 Å². The van der Waals surface area contributed by atoms with E-state index in [1.54, 1.807) is 6.07 Å². The predicted molar refractivity (Wildman–Crippen MR) is 70.3 cm³/mol. The summed E-state index contributed by atoms with van der Waals surface area (Å²) in [5, 5.41) is 2.82. The summed E-state index contributed by atoms with van der Waals surface area (Å²) in [5.41, 5.74) is 6.87. The second kappa shape index (κ2) is 5.82. The van der Waals surface area contributed by atoms with Crippen molar-refractivity contribution in [2.24, 2.45) is 5.73 Å². The fourth-order valence-corrected chi connectivity index (χ4v) is 1.47. The van der Waals surface area contributed by atoms with Crippen molar-refractivity contribution in [2.75, 3.05) is 6.61 Å². The van der Waals surface area contributed by atoms with Crippen molar-refractivity contribution in [3.8, 4) is 5.75 Å². The average molecular weight is 251 g/mol. The predicted octanol–water partition coefficient (Wildman–Crippen LogP) is 1.14. The monoisotopic (exact) mass is 251 g/mol. The second-order valence-electron chi connectivity index (χ2n) is 5.19. The zero-order chi connectivity index (χ0) is 13.8. The molecule has 1 aromatic heterocycles. The Kier molecular flexibility index (Phi) is 4.67. The standard InChI is InChI=1S/C13H21N3O2/c1-9-5-6-11(10(7-14)15-9)18-8-12(17)16-13(2,3)4/h5-6H,7-8,14H2,1-4H3,(H,16,17). The second-order valence-corrected chi connectivity index (χ2v) is 5.19. The van der Waals surface area contributed by atoms with Gasteiger partial charge in [0.2, 0.25) is 0 Å². The first-order valence-corrected chi connectivity index (χ1v) is 5.92. The third kappa shape index (κ3) is 4.71. The normalized spacial score (nSPS) is 11.2. The molecule has 0 saturated heterocycles. The Labute approximate surface area is 108 Å². The maximum absolute atomic E-state index is 11.6. The van der Waals surface area contributed by atoms with Gasteiger partial charge in [0.25, 0.3) is 5.91 Å². The van der Waals surface area contributed by atoms with E-state index in [2.05, 4.69) is 10.3 Å². The summed E-state index contributed by atoms with van der Waals surface area (Å²) >= 11 is 0. The topological polar surface area (TPSA) is 77.2 Å². The number of pyridine rings is 1. The van der Waals surface area contributed by atoms with E-state index in [0.29, 0.717) is 11.4 Å². The SMILES string of the molecule is Cc1ccc(OCC(=O)NC(C)(C)C)c(CN)n1. The van der Waals surface area contributed by atoms with Crippen molar-refractivity contribution in [1.29, 1.82) is 0 Å². The van der Waals surface area contributed by atoms with E-state index in [0.717, 1.165) is 5.69 Å². The summed E-state index contributed by atoms with van der Waals surface area (Å²) in [5.74, 6) is 0.401. The number of aryl methyl sites for hydroxylation is 1. The molecule has 0 atom stereocenters. The molecule has 0 aliphatic carbocycles. The number of rotatable bonds is 4. The van der Waals surface area contributed by atoms with Crippen LogP contribution in [0, 0.1) is 6.92 Å².